The zero-order chi connectivity index (χ0) is 11.6. The molecule has 1 fully saturated rings. The van der Waals surface area contributed by atoms with Crippen molar-refractivity contribution in [3.05, 3.63) is 18.0 Å². The molecule has 0 radical (unpaired) electrons. The van der Waals surface area contributed by atoms with Crippen molar-refractivity contribution in [3.63, 3.8) is 0 Å². The number of rotatable bonds is 2. The van der Waals surface area contributed by atoms with Gasteiger partial charge in [-0.15, -0.1) is 0 Å². The summed E-state index contributed by atoms with van der Waals surface area (Å²) >= 11 is 0. The van der Waals surface area contributed by atoms with Gasteiger partial charge in [0, 0.05) is 26.2 Å². The minimum atomic E-state index is -0.534. The number of aromatic nitrogens is 2. The number of aryl methyl sites for hydroxylation is 1. The Kier molecular flexibility index (Phi) is 3.30. The molecule has 1 aliphatic rings. The van der Waals surface area contributed by atoms with Crippen molar-refractivity contribution >= 4 is 0 Å². The van der Waals surface area contributed by atoms with Crippen LogP contribution in [0.2, 0.25) is 0 Å². The molecule has 1 aromatic rings. The molecule has 0 saturated carbocycles. The highest BCUT2D eigenvalue weighted by molar-refractivity contribution is 5.08. The summed E-state index contributed by atoms with van der Waals surface area (Å²) in [4.78, 5) is 2.29. The third-order valence-electron chi connectivity index (χ3n) is 3.43. The van der Waals surface area contributed by atoms with Gasteiger partial charge in [-0.3, -0.25) is 4.68 Å². The number of aliphatic hydroxyl groups is 1. The second kappa shape index (κ2) is 4.55. The first-order chi connectivity index (χ1) is 7.57. The summed E-state index contributed by atoms with van der Waals surface area (Å²) in [7, 11) is 4.03. The zero-order valence-corrected chi connectivity index (χ0v) is 10.2. The fourth-order valence-electron chi connectivity index (χ4n) is 2.43. The van der Waals surface area contributed by atoms with E-state index in [0.717, 1.165) is 44.3 Å². The lowest BCUT2D eigenvalue weighted by Crippen LogP contribution is -2.32. The summed E-state index contributed by atoms with van der Waals surface area (Å²) in [6, 6.07) is 0. The standard InChI is InChI=1S/C12H21N3O/c1-14-6-3-4-12(16,5-7-14)8-11-9-13-15(2)10-11/h9-10,16H,3-8H2,1-2H3. The molecular weight excluding hydrogens is 202 g/mol. The van der Waals surface area contributed by atoms with Crippen molar-refractivity contribution in [1.29, 1.82) is 0 Å². The van der Waals surface area contributed by atoms with Crippen LogP contribution in [0.5, 0.6) is 0 Å². The first kappa shape index (κ1) is 11.6. The highest BCUT2D eigenvalue weighted by atomic mass is 16.3. The molecule has 16 heavy (non-hydrogen) atoms. The lowest BCUT2D eigenvalue weighted by molar-refractivity contribution is 0.0263. The molecule has 0 amide bonds. The molecule has 1 aromatic heterocycles. The molecule has 1 N–H and O–H groups in total. The molecule has 1 atom stereocenters. The maximum atomic E-state index is 10.6. The SMILES string of the molecule is CN1CCCC(O)(Cc2cnn(C)c2)CC1. The molecular formula is C12H21N3O. The fraction of sp³-hybridized carbons (Fsp3) is 0.750. The number of likely N-dealkylation sites (tertiary alicyclic amines) is 1. The van der Waals surface area contributed by atoms with Gasteiger partial charge in [0.05, 0.1) is 11.8 Å². The van der Waals surface area contributed by atoms with Crippen LogP contribution in [-0.4, -0.2) is 45.5 Å². The molecule has 1 aliphatic heterocycles. The molecule has 0 bridgehead atoms. The van der Waals surface area contributed by atoms with Crippen LogP contribution in [0.15, 0.2) is 12.4 Å². The molecule has 90 valence electrons. The Balaban J connectivity index is 2.01. The second-order valence-corrected chi connectivity index (χ2v) is 5.08. The van der Waals surface area contributed by atoms with Gasteiger partial charge in [0.2, 0.25) is 0 Å². The third-order valence-corrected chi connectivity index (χ3v) is 3.43. The van der Waals surface area contributed by atoms with Crippen LogP contribution in [0.4, 0.5) is 0 Å². The predicted molar refractivity (Wildman–Crippen MR) is 63.2 cm³/mol. The number of hydrogen-bond donors (Lipinski definition) is 1. The van der Waals surface area contributed by atoms with Crippen molar-refractivity contribution in [2.45, 2.75) is 31.3 Å². The van der Waals surface area contributed by atoms with E-state index in [1.54, 1.807) is 4.68 Å². The van der Waals surface area contributed by atoms with E-state index in [1.807, 2.05) is 19.4 Å². The van der Waals surface area contributed by atoms with Crippen molar-refractivity contribution in [3.8, 4) is 0 Å². The molecule has 2 rings (SSSR count). The molecule has 1 unspecified atom stereocenters. The first-order valence-corrected chi connectivity index (χ1v) is 5.96. The topological polar surface area (TPSA) is 41.3 Å². The monoisotopic (exact) mass is 223 g/mol. The van der Waals surface area contributed by atoms with Gasteiger partial charge in [0.15, 0.2) is 0 Å². The molecule has 2 heterocycles. The Labute approximate surface area is 96.9 Å². The number of hydrogen-bond acceptors (Lipinski definition) is 3. The van der Waals surface area contributed by atoms with E-state index in [1.165, 1.54) is 0 Å². The van der Waals surface area contributed by atoms with Gasteiger partial charge < -0.3 is 10.0 Å². The molecule has 0 spiro atoms. The smallest absolute Gasteiger partial charge is 0.0701 e. The second-order valence-electron chi connectivity index (χ2n) is 5.08. The Hall–Kier alpha value is -0.870. The van der Waals surface area contributed by atoms with Crippen LogP contribution in [-0.2, 0) is 13.5 Å². The van der Waals surface area contributed by atoms with Gasteiger partial charge in [0.25, 0.3) is 0 Å². The van der Waals surface area contributed by atoms with Crippen LogP contribution < -0.4 is 0 Å². The summed E-state index contributed by atoms with van der Waals surface area (Å²) in [5, 5.41) is 14.7. The van der Waals surface area contributed by atoms with Crippen LogP contribution in [0.25, 0.3) is 0 Å². The Morgan fingerprint density at radius 1 is 1.38 bits per heavy atom. The van der Waals surface area contributed by atoms with E-state index in [4.69, 9.17) is 0 Å². The van der Waals surface area contributed by atoms with Gasteiger partial charge in [0.1, 0.15) is 0 Å². The minimum absolute atomic E-state index is 0.534. The largest absolute Gasteiger partial charge is 0.389 e. The highest BCUT2D eigenvalue weighted by Gasteiger charge is 2.29. The van der Waals surface area contributed by atoms with E-state index < -0.39 is 5.60 Å². The summed E-state index contributed by atoms with van der Waals surface area (Å²) in [5.74, 6) is 0. The fourth-order valence-corrected chi connectivity index (χ4v) is 2.43. The molecule has 0 aromatic carbocycles. The quantitative estimate of drug-likeness (QED) is 0.806. The minimum Gasteiger partial charge on any atom is -0.389 e. The van der Waals surface area contributed by atoms with Gasteiger partial charge in [-0.25, -0.2) is 0 Å². The van der Waals surface area contributed by atoms with Gasteiger partial charge in [-0.1, -0.05) is 0 Å². The van der Waals surface area contributed by atoms with E-state index in [-0.39, 0.29) is 0 Å². The summed E-state index contributed by atoms with van der Waals surface area (Å²) in [6.07, 6.45) is 7.41. The van der Waals surface area contributed by atoms with Crippen molar-refractivity contribution in [2.75, 3.05) is 20.1 Å². The first-order valence-electron chi connectivity index (χ1n) is 5.96. The average Bonchev–Trinajstić information content (AvgIpc) is 2.53. The molecule has 4 heteroatoms. The normalized spacial score (nSPS) is 27.9. The maximum Gasteiger partial charge on any atom is 0.0701 e. The number of nitrogens with zero attached hydrogens (tertiary/aromatic N) is 3. The van der Waals surface area contributed by atoms with Crippen molar-refractivity contribution in [1.82, 2.24) is 14.7 Å². The van der Waals surface area contributed by atoms with Crippen molar-refractivity contribution < 1.29 is 5.11 Å². The van der Waals surface area contributed by atoms with Gasteiger partial charge in [-0.2, -0.15) is 5.10 Å². The molecule has 4 nitrogen and oxygen atoms in total. The van der Waals surface area contributed by atoms with Crippen LogP contribution >= 0.6 is 0 Å². The summed E-state index contributed by atoms with van der Waals surface area (Å²) < 4.78 is 1.79. The highest BCUT2D eigenvalue weighted by Crippen LogP contribution is 2.25. The third kappa shape index (κ3) is 2.83. The van der Waals surface area contributed by atoms with E-state index >= 15 is 0 Å². The molecule has 0 aliphatic carbocycles. The average molecular weight is 223 g/mol. The van der Waals surface area contributed by atoms with Crippen molar-refractivity contribution in [2.24, 2.45) is 7.05 Å². The molecule has 1 saturated heterocycles. The summed E-state index contributed by atoms with van der Waals surface area (Å²) in [5.41, 5.74) is 0.600. The lowest BCUT2D eigenvalue weighted by Gasteiger charge is -2.26. The Morgan fingerprint density at radius 2 is 2.19 bits per heavy atom. The van der Waals surface area contributed by atoms with Gasteiger partial charge >= 0.3 is 0 Å². The van der Waals surface area contributed by atoms with Gasteiger partial charge in [-0.05, 0) is 38.4 Å². The van der Waals surface area contributed by atoms with E-state index in [2.05, 4.69) is 17.0 Å². The van der Waals surface area contributed by atoms with E-state index in [9.17, 15) is 5.11 Å². The summed E-state index contributed by atoms with van der Waals surface area (Å²) in [6.45, 7) is 2.08. The predicted octanol–water partition coefficient (Wildman–Crippen LogP) is 0.809. The van der Waals surface area contributed by atoms with Crippen LogP contribution in [0.3, 0.4) is 0 Å². The van der Waals surface area contributed by atoms with Crippen LogP contribution in [0.1, 0.15) is 24.8 Å². The van der Waals surface area contributed by atoms with E-state index in [0.29, 0.717) is 0 Å². The zero-order valence-electron chi connectivity index (χ0n) is 10.2. The van der Waals surface area contributed by atoms with Crippen LogP contribution in [0, 0.1) is 0 Å². The lowest BCUT2D eigenvalue weighted by atomic mass is 9.89. The maximum absolute atomic E-state index is 10.6. The Bertz CT molecular complexity index is 350. The Morgan fingerprint density at radius 3 is 2.88 bits per heavy atom.